The van der Waals surface area contributed by atoms with E-state index in [1.165, 1.54) is 6.92 Å². The van der Waals surface area contributed by atoms with Gasteiger partial charge in [0, 0.05) is 26.1 Å². The Balaban J connectivity index is 1.68. The lowest BCUT2D eigenvalue weighted by atomic mass is 10.1. The number of nitrogens with zero attached hydrogens (tertiary/aromatic N) is 2. The lowest BCUT2D eigenvalue weighted by molar-refractivity contribution is -0.132. The molecule has 6 nitrogen and oxygen atoms in total. The number of amides is 2. The lowest BCUT2D eigenvalue weighted by Gasteiger charge is -2.38. The standard InChI is InChI=1S/C19H27N3O3/c1-13-6-7-18-17(9-13)22(10-14(2)25-18)12-19(24)21-8-4-5-16(11-21)20-15(3)23/h6-7,9,14,16H,4-5,8,10-12H2,1-3H3,(H,20,23)/t14-,16-/m1/s1. The average molecular weight is 345 g/mol. The molecule has 0 bridgehead atoms. The number of hydrogen-bond acceptors (Lipinski definition) is 4. The topological polar surface area (TPSA) is 61.9 Å². The maximum atomic E-state index is 12.8. The summed E-state index contributed by atoms with van der Waals surface area (Å²) >= 11 is 0. The highest BCUT2D eigenvalue weighted by Gasteiger charge is 2.29. The van der Waals surface area contributed by atoms with Crippen LogP contribution in [0.4, 0.5) is 5.69 Å². The first-order valence-corrected chi connectivity index (χ1v) is 8.99. The van der Waals surface area contributed by atoms with Crippen molar-refractivity contribution < 1.29 is 14.3 Å². The number of piperidine rings is 1. The fourth-order valence-corrected chi connectivity index (χ4v) is 3.66. The highest BCUT2D eigenvalue weighted by Crippen LogP contribution is 2.34. The van der Waals surface area contributed by atoms with Gasteiger partial charge in [-0.3, -0.25) is 9.59 Å². The molecule has 0 radical (unpaired) electrons. The van der Waals surface area contributed by atoms with Crippen molar-refractivity contribution in [2.24, 2.45) is 0 Å². The molecule has 2 atom stereocenters. The van der Waals surface area contributed by atoms with Gasteiger partial charge >= 0.3 is 0 Å². The van der Waals surface area contributed by atoms with Crippen LogP contribution < -0.4 is 15.0 Å². The number of aryl methyl sites for hydroxylation is 1. The molecule has 25 heavy (non-hydrogen) atoms. The smallest absolute Gasteiger partial charge is 0.242 e. The van der Waals surface area contributed by atoms with Crippen LogP contribution in [0, 0.1) is 6.92 Å². The van der Waals surface area contributed by atoms with Crippen molar-refractivity contribution in [1.29, 1.82) is 0 Å². The van der Waals surface area contributed by atoms with Crippen LogP contribution >= 0.6 is 0 Å². The molecule has 0 saturated carbocycles. The van der Waals surface area contributed by atoms with E-state index in [0.29, 0.717) is 19.6 Å². The van der Waals surface area contributed by atoms with Crippen LogP contribution in [-0.2, 0) is 9.59 Å². The third kappa shape index (κ3) is 4.24. The summed E-state index contributed by atoms with van der Waals surface area (Å²) in [6.07, 6.45) is 1.91. The van der Waals surface area contributed by atoms with E-state index in [0.717, 1.165) is 36.4 Å². The first kappa shape index (κ1) is 17.6. The zero-order valence-corrected chi connectivity index (χ0v) is 15.2. The summed E-state index contributed by atoms with van der Waals surface area (Å²) in [5, 5.41) is 2.93. The molecule has 1 aromatic carbocycles. The Morgan fingerprint density at radius 2 is 2.12 bits per heavy atom. The van der Waals surface area contributed by atoms with Gasteiger partial charge in [0.2, 0.25) is 11.8 Å². The van der Waals surface area contributed by atoms with Gasteiger partial charge in [0.15, 0.2) is 0 Å². The third-order valence-electron chi connectivity index (χ3n) is 4.77. The first-order valence-electron chi connectivity index (χ1n) is 8.99. The predicted octanol–water partition coefficient (Wildman–Crippen LogP) is 1.71. The van der Waals surface area contributed by atoms with E-state index >= 15 is 0 Å². The van der Waals surface area contributed by atoms with E-state index in [1.54, 1.807) is 0 Å². The van der Waals surface area contributed by atoms with Crippen molar-refractivity contribution in [2.45, 2.75) is 45.8 Å². The van der Waals surface area contributed by atoms with Crippen LogP contribution in [0.5, 0.6) is 5.75 Å². The van der Waals surface area contributed by atoms with Crippen LogP contribution in [0.2, 0.25) is 0 Å². The second-order valence-electron chi connectivity index (χ2n) is 7.16. The number of hydrogen-bond donors (Lipinski definition) is 1. The number of nitrogens with one attached hydrogen (secondary N) is 1. The van der Waals surface area contributed by atoms with Gasteiger partial charge in [0.25, 0.3) is 0 Å². The summed E-state index contributed by atoms with van der Waals surface area (Å²) in [6, 6.07) is 6.14. The molecule has 0 aliphatic carbocycles. The van der Waals surface area contributed by atoms with E-state index in [-0.39, 0.29) is 24.0 Å². The molecule has 2 aliphatic rings. The number of fused-ring (bicyclic) bond motifs is 1. The summed E-state index contributed by atoms with van der Waals surface area (Å²) in [4.78, 5) is 28.1. The summed E-state index contributed by atoms with van der Waals surface area (Å²) < 4.78 is 5.89. The van der Waals surface area contributed by atoms with Crippen LogP contribution in [-0.4, -0.2) is 55.0 Å². The normalized spacial score (nSPS) is 22.8. The molecule has 0 aromatic heterocycles. The monoisotopic (exact) mass is 345 g/mol. The number of anilines is 1. The molecular formula is C19H27N3O3. The van der Waals surface area contributed by atoms with Gasteiger partial charge in [-0.1, -0.05) is 6.07 Å². The molecule has 1 N–H and O–H groups in total. The molecule has 2 heterocycles. The summed E-state index contributed by atoms with van der Waals surface area (Å²) in [5.41, 5.74) is 2.14. The van der Waals surface area contributed by atoms with Crippen molar-refractivity contribution >= 4 is 17.5 Å². The summed E-state index contributed by atoms with van der Waals surface area (Å²) in [5.74, 6) is 0.911. The largest absolute Gasteiger partial charge is 0.487 e. The fourth-order valence-electron chi connectivity index (χ4n) is 3.66. The molecule has 2 aliphatic heterocycles. The highest BCUT2D eigenvalue weighted by molar-refractivity contribution is 5.83. The zero-order chi connectivity index (χ0) is 18.0. The van der Waals surface area contributed by atoms with E-state index in [4.69, 9.17) is 4.74 Å². The van der Waals surface area contributed by atoms with E-state index in [2.05, 4.69) is 16.3 Å². The molecule has 2 amide bonds. The first-order chi connectivity index (χ1) is 11.9. The second kappa shape index (κ2) is 7.33. The number of rotatable bonds is 3. The Hall–Kier alpha value is -2.24. The van der Waals surface area contributed by atoms with Crippen molar-refractivity contribution in [3.05, 3.63) is 23.8 Å². The maximum Gasteiger partial charge on any atom is 0.242 e. The Bertz CT molecular complexity index is 661. The van der Waals surface area contributed by atoms with Gasteiger partial charge in [-0.15, -0.1) is 0 Å². The lowest BCUT2D eigenvalue weighted by Crippen LogP contribution is -2.52. The van der Waals surface area contributed by atoms with Crippen molar-refractivity contribution in [3.8, 4) is 5.75 Å². The number of benzene rings is 1. The Labute approximate surface area is 149 Å². The highest BCUT2D eigenvalue weighted by atomic mass is 16.5. The SMILES string of the molecule is CC(=O)N[C@@H]1CCCN(C(=O)CN2C[C@@H](C)Oc3ccc(C)cc32)C1. The van der Waals surface area contributed by atoms with E-state index < -0.39 is 0 Å². The van der Waals surface area contributed by atoms with Gasteiger partial charge in [-0.05, 0) is 44.4 Å². The van der Waals surface area contributed by atoms with Crippen LogP contribution in [0.15, 0.2) is 18.2 Å². The molecule has 0 spiro atoms. The molecule has 136 valence electrons. The van der Waals surface area contributed by atoms with Crippen LogP contribution in [0.1, 0.15) is 32.3 Å². The second-order valence-corrected chi connectivity index (χ2v) is 7.16. The minimum atomic E-state index is -0.0364. The third-order valence-corrected chi connectivity index (χ3v) is 4.77. The minimum absolute atomic E-state index is 0.0364. The van der Waals surface area contributed by atoms with Crippen LogP contribution in [0.25, 0.3) is 0 Å². The molecule has 1 aromatic rings. The minimum Gasteiger partial charge on any atom is -0.487 e. The van der Waals surface area contributed by atoms with Gasteiger partial charge in [-0.25, -0.2) is 0 Å². The molecule has 1 saturated heterocycles. The van der Waals surface area contributed by atoms with E-state index in [9.17, 15) is 9.59 Å². The number of carbonyl (C=O) groups is 2. The summed E-state index contributed by atoms with van der Waals surface area (Å²) in [6.45, 7) is 7.99. The molecule has 3 rings (SSSR count). The number of likely N-dealkylation sites (tertiary alicyclic amines) is 1. The molecule has 1 fully saturated rings. The molecule has 0 unspecified atom stereocenters. The molecule has 6 heteroatoms. The molecular weight excluding hydrogens is 318 g/mol. The quantitative estimate of drug-likeness (QED) is 0.906. The van der Waals surface area contributed by atoms with Crippen molar-refractivity contribution in [1.82, 2.24) is 10.2 Å². The Morgan fingerprint density at radius 1 is 1.32 bits per heavy atom. The zero-order valence-electron chi connectivity index (χ0n) is 15.2. The van der Waals surface area contributed by atoms with Crippen molar-refractivity contribution in [2.75, 3.05) is 31.1 Å². The van der Waals surface area contributed by atoms with E-state index in [1.807, 2.05) is 30.9 Å². The number of carbonyl (C=O) groups excluding carboxylic acids is 2. The van der Waals surface area contributed by atoms with Gasteiger partial charge in [-0.2, -0.15) is 0 Å². The van der Waals surface area contributed by atoms with Gasteiger partial charge in [0.1, 0.15) is 11.9 Å². The summed E-state index contributed by atoms with van der Waals surface area (Å²) in [7, 11) is 0. The maximum absolute atomic E-state index is 12.8. The van der Waals surface area contributed by atoms with Crippen LogP contribution in [0.3, 0.4) is 0 Å². The van der Waals surface area contributed by atoms with Crippen molar-refractivity contribution in [3.63, 3.8) is 0 Å². The van der Waals surface area contributed by atoms with Gasteiger partial charge < -0.3 is 19.9 Å². The number of ether oxygens (including phenoxy) is 1. The average Bonchev–Trinajstić information content (AvgIpc) is 2.55. The Morgan fingerprint density at radius 3 is 2.88 bits per heavy atom. The van der Waals surface area contributed by atoms with Gasteiger partial charge in [0.05, 0.1) is 18.8 Å². The fraction of sp³-hybridized carbons (Fsp3) is 0.579. The predicted molar refractivity (Wildman–Crippen MR) is 96.9 cm³/mol. The Kier molecular flexibility index (Phi) is 5.16.